The third kappa shape index (κ3) is 3.95. The Morgan fingerprint density at radius 2 is 2.28 bits per heavy atom. The molecule has 0 aromatic carbocycles. The van der Waals surface area contributed by atoms with Crippen LogP contribution in [-0.4, -0.2) is 22.3 Å². The summed E-state index contributed by atoms with van der Waals surface area (Å²) in [6.07, 6.45) is 5.06. The maximum Gasteiger partial charge on any atom is 0.141 e. The Hall–Kier alpha value is -0.610. The maximum absolute atomic E-state index is 4.73. The van der Waals surface area contributed by atoms with E-state index in [1.54, 1.807) is 0 Å². The predicted octanol–water partition coefficient (Wildman–Crippen LogP) is 3.24. The lowest BCUT2D eigenvalue weighted by molar-refractivity contribution is 0.635. The molecule has 1 unspecified atom stereocenters. The molecule has 2 heterocycles. The molecule has 1 aliphatic heterocycles. The van der Waals surface area contributed by atoms with Crippen LogP contribution in [0.25, 0.3) is 0 Å². The number of aryl methyl sites for hydroxylation is 1. The molecule has 0 amide bonds. The van der Waals surface area contributed by atoms with E-state index in [2.05, 4.69) is 30.2 Å². The summed E-state index contributed by atoms with van der Waals surface area (Å²) < 4.78 is 0. The standard InChI is InChI=1S/C14H23N3S/c1-3-7-15-10-12-9-11(2)16-14(17-12)13-6-4-5-8-18-13/h9,13,15H,3-8,10H2,1-2H3. The van der Waals surface area contributed by atoms with Crippen molar-refractivity contribution in [3.05, 3.63) is 23.3 Å². The first-order chi connectivity index (χ1) is 8.79. The quantitative estimate of drug-likeness (QED) is 0.829. The Kier molecular flexibility index (Phi) is 5.45. The zero-order chi connectivity index (χ0) is 12.8. The van der Waals surface area contributed by atoms with E-state index in [0.29, 0.717) is 5.25 Å². The van der Waals surface area contributed by atoms with Crippen LogP contribution in [0.2, 0.25) is 0 Å². The summed E-state index contributed by atoms with van der Waals surface area (Å²) in [5.74, 6) is 2.30. The Morgan fingerprint density at radius 1 is 1.39 bits per heavy atom. The molecule has 0 spiro atoms. The van der Waals surface area contributed by atoms with Gasteiger partial charge in [-0.25, -0.2) is 9.97 Å². The first-order valence-electron chi connectivity index (χ1n) is 6.96. The third-order valence-electron chi connectivity index (χ3n) is 3.13. The average molecular weight is 265 g/mol. The van der Waals surface area contributed by atoms with Crippen molar-refractivity contribution in [2.45, 2.75) is 51.3 Å². The molecule has 0 radical (unpaired) electrons. The summed E-state index contributed by atoms with van der Waals surface area (Å²) in [7, 11) is 0. The van der Waals surface area contributed by atoms with Gasteiger partial charge in [-0.2, -0.15) is 11.8 Å². The van der Waals surface area contributed by atoms with Gasteiger partial charge in [-0.3, -0.25) is 0 Å². The van der Waals surface area contributed by atoms with Crippen LogP contribution in [-0.2, 0) is 6.54 Å². The summed E-state index contributed by atoms with van der Waals surface area (Å²) in [6, 6.07) is 2.10. The minimum absolute atomic E-state index is 0.517. The largest absolute Gasteiger partial charge is 0.311 e. The zero-order valence-electron chi connectivity index (χ0n) is 11.4. The van der Waals surface area contributed by atoms with Gasteiger partial charge in [0, 0.05) is 12.2 Å². The van der Waals surface area contributed by atoms with Crippen molar-refractivity contribution in [2.24, 2.45) is 0 Å². The normalized spacial score (nSPS) is 20.0. The van der Waals surface area contributed by atoms with Crippen molar-refractivity contribution in [3.8, 4) is 0 Å². The molecular formula is C14H23N3S. The molecule has 1 saturated heterocycles. The summed E-state index contributed by atoms with van der Waals surface area (Å²) >= 11 is 2.02. The highest BCUT2D eigenvalue weighted by Gasteiger charge is 2.19. The van der Waals surface area contributed by atoms with Crippen molar-refractivity contribution in [1.29, 1.82) is 0 Å². The second-order valence-corrected chi connectivity index (χ2v) is 6.20. The fourth-order valence-electron chi connectivity index (χ4n) is 2.23. The first kappa shape index (κ1) is 13.8. The molecule has 1 aromatic rings. The van der Waals surface area contributed by atoms with Crippen molar-refractivity contribution in [1.82, 2.24) is 15.3 Å². The molecule has 4 heteroatoms. The molecule has 2 rings (SSSR count). The highest BCUT2D eigenvalue weighted by Crippen LogP contribution is 2.36. The lowest BCUT2D eigenvalue weighted by atomic mass is 10.1. The highest BCUT2D eigenvalue weighted by molar-refractivity contribution is 7.99. The summed E-state index contributed by atoms with van der Waals surface area (Å²) in [5, 5.41) is 3.93. The average Bonchev–Trinajstić information content (AvgIpc) is 2.39. The minimum Gasteiger partial charge on any atom is -0.311 e. The van der Waals surface area contributed by atoms with Gasteiger partial charge in [0.15, 0.2) is 0 Å². The molecule has 0 aliphatic carbocycles. The van der Waals surface area contributed by atoms with Crippen LogP contribution in [0.4, 0.5) is 0 Å². The highest BCUT2D eigenvalue weighted by atomic mass is 32.2. The Bertz CT molecular complexity index is 375. The van der Waals surface area contributed by atoms with Crippen molar-refractivity contribution >= 4 is 11.8 Å². The molecule has 0 bridgehead atoms. The monoisotopic (exact) mass is 265 g/mol. The lowest BCUT2D eigenvalue weighted by Gasteiger charge is -2.20. The minimum atomic E-state index is 0.517. The van der Waals surface area contributed by atoms with Crippen molar-refractivity contribution < 1.29 is 0 Å². The van der Waals surface area contributed by atoms with E-state index in [1.807, 2.05) is 11.8 Å². The topological polar surface area (TPSA) is 37.8 Å². The number of aromatic nitrogens is 2. The number of nitrogens with zero attached hydrogens (tertiary/aromatic N) is 2. The number of nitrogens with one attached hydrogen (secondary N) is 1. The zero-order valence-corrected chi connectivity index (χ0v) is 12.2. The van der Waals surface area contributed by atoms with E-state index in [4.69, 9.17) is 4.98 Å². The summed E-state index contributed by atoms with van der Waals surface area (Å²) in [6.45, 7) is 6.17. The fourth-order valence-corrected chi connectivity index (χ4v) is 3.47. The van der Waals surface area contributed by atoms with Gasteiger partial charge in [0.25, 0.3) is 0 Å². The second-order valence-electron chi connectivity index (χ2n) is 4.89. The third-order valence-corrected chi connectivity index (χ3v) is 4.50. The Labute approximate surface area is 114 Å². The van der Waals surface area contributed by atoms with Gasteiger partial charge < -0.3 is 5.32 Å². The second kappa shape index (κ2) is 7.10. The van der Waals surface area contributed by atoms with E-state index in [1.165, 1.54) is 25.0 Å². The lowest BCUT2D eigenvalue weighted by Crippen LogP contribution is -2.17. The van der Waals surface area contributed by atoms with E-state index in [0.717, 1.165) is 36.7 Å². The van der Waals surface area contributed by atoms with Crippen LogP contribution in [0, 0.1) is 6.92 Å². The van der Waals surface area contributed by atoms with Gasteiger partial charge in [0.05, 0.1) is 10.9 Å². The Balaban J connectivity index is 2.05. The van der Waals surface area contributed by atoms with Crippen molar-refractivity contribution in [2.75, 3.05) is 12.3 Å². The van der Waals surface area contributed by atoms with Gasteiger partial charge in [-0.1, -0.05) is 13.3 Å². The SMILES string of the molecule is CCCNCc1cc(C)nc(C2CCCCS2)n1. The molecule has 3 nitrogen and oxygen atoms in total. The van der Waals surface area contributed by atoms with E-state index >= 15 is 0 Å². The molecule has 18 heavy (non-hydrogen) atoms. The molecule has 1 atom stereocenters. The molecule has 1 aliphatic rings. The molecule has 0 saturated carbocycles. The van der Waals surface area contributed by atoms with E-state index in [-0.39, 0.29) is 0 Å². The predicted molar refractivity (Wildman–Crippen MR) is 77.8 cm³/mol. The van der Waals surface area contributed by atoms with Crippen LogP contribution < -0.4 is 5.32 Å². The van der Waals surface area contributed by atoms with Crippen LogP contribution in [0.3, 0.4) is 0 Å². The van der Waals surface area contributed by atoms with Gasteiger partial charge >= 0.3 is 0 Å². The molecule has 1 N–H and O–H groups in total. The van der Waals surface area contributed by atoms with Gasteiger partial charge in [-0.05, 0) is 44.6 Å². The molecule has 1 fully saturated rings. The molecule has 1 aromatic heterocycles. The number of rotatable bonds is 5. The van der Waals surface area contributed by atoms with Gasteiger partial charge in [0.1, 0.15) is 5.82 Å². The van der Waals surface area contributed by atoms with Crippen LogP contribution in [0.1, 0.15) is 55.1 Å². The van der Waals surface area contributed by atoms with Crippen LogP contribution in [0.15, 0.2) is 6.07 Å². The van der Waals surface area contributed by atoms with Gasteiger partial charge in [0.2, 0.25) is 0 Å². The number of hydrogen-bond acceptors (Lipinski definition) is 4. The van der Waals surface area contributed by atoms with E-state index in [9.17, 15) is 0 Å². The van der Waals surface area contributed by atoms with Crippen LogP contribution >= 0.6 is 11.8 Å². The number of hydrogen-bond donors (Lipinski definition) is 1. The number of thioether (sulfide) groups is 1. The molecular weight excluding hydrogens is 242 g/mol. The fraction of sp³-hybridized carbons (Fsp3) is 0.714. The Morgan fingerprint density at radius 3 is 3.00 bits per heavy atom. The first-order valence-corrected chi connectivity index (χ1v) is 8.01. The summed E-state index contributed by atoms with van der Waals surface area (Å²) in [4.78, 5) is 9.36. The van der Waals surface area contributed by atoms with Gasteiger partial charge in [-0.15, -0.1) is 0 Å². The molecule has 100 valence electrons. The smallest absolute Gasteiger partial charge is 0.141 e. The van der Waals surface area contributed by atoms with E-state index < -0.39 is 0 Å². The van der Waals surface area contributed by atoms with Crippen LogP contribution in [0.5, 0.6) is 0 Å². The summed E-state index contributed by atoms with van der Waals surface area (Å²) in [5.41, 5.74) is 2.23. The van der Waals surface area contributed by atoms with Crippen molar-refractivity contribution in [3.63, 3.8) is 0 Å². The maximum atomic E-state index is 4.73.